The van der Waals surface area contributed by atoms with Gasteiger partial charge in [-0.05, 0) is 31.9 Å². The molecule has 0 aliphatic carbocycles. The SMILES string of the molecule is Cc1cccc2nc(NN3CCCCC3)nn12. The van der Waals surface area contributed by atoms with Crippen molar-refractivity contribution in [1.82, 2.24) is 19.6 Å². The fraction of sp³-hybridized carbons (Fsp3) is 0.500. The van der Waals surface area contributed by atoms with Gasteiger partial charge in [-0.25, -0.2) is 9.52 Å². The van der Waals surface area contributed by atoms with Crippen LogP contribution in [0.2, 0.25) is 0 Å². The van der Waals surface area contributed by atoms with E-state index in [1.165, 1.54) is 19.3 Å². The summed E-state index contributed by atoms with van der Waals surface area (Å²) in [5.74, 6) is 0.696. The fourth-order valence-corrected chi connectivity index (χ4v) is 2.23. The molecule has 1 aliphatic rings. The van der Waals surface area contributed by atoms with Crippen molar-refractivity contribution >= 4 is 11.6 Å². The molecule has 2 aromatic rings. The number of anilines is 1. The minimum Gasteiger partial charge on any atom is -0.286 e. The molecule has 0 saturated carbocycles. The van der Waals surface area contributed by atoms with Crippen molar-refractivity contribution < 1.29 is 0 Å². The van der Waals surface area contributed by atoms with E-state index in [0.29, 0.717) is 5.95 Å². The molecule has 1 fully saturated rings. The highest BCUT2D eigenvalue weighted by Gasteiger charge is 2.12. The summed E-state index contributed by atoms with van der Waals surface area (Å²) in [5.41, 5.74) is 5.28. The van der Waals surface area contributed by atoms with Gasteiger partial charge in [-0.2, -0.15) is 4.98 Å². The van der Waals surface area contributed by atoms with Crippen molar-refractivity contribution in [2.45, 2.75) is 26.2 Å². The zero-order valence-electron chi connectivity index (χ0n) is 10.1. The first-order chi connectivity index (χ1) is 8.33. The molecule has 2 aromatic heterocycles. The maximum absolute atomic E-state index is 4.47. The quantitative estimate of drug-likeness (QED) is 0.856. The second-order valence-electron chi connectivity index (χ2n) is 4.53. The second kappa shape index (κ2) is 4.33. The van der Waals surface area contributed by atoms with E-state index in [4.69, 9.17) is 0 Å². The van der Waals surface area contributed by atoms with Gasteiger partial charge in [-0.1, -0.05) is 12.5 Å². The zero-order valence-corrected chi connectivity index (χ0v) is 10.1. The van der Waals surface area contributed by atoms with Gasteiger partial charge in [0.05, 0.1) is 0 Å². The molecule has 0 aromatic carbocycles. The molecule has 1 saturated heterocycles. The molecule has 3 rings (SSSR count). The number of aromatic nitrogens is 3. The fourth-order valence-electron chi connectivity index (χ4n) is 2.23. The van der Waals surface area contributed by atoms with Gasteiger partial charge in [0.15, 0.2) is 5.65 Å². The lowest BCUT2D eigenvalue weighted by molar-refractivity contribution is 0.271. The maximum atomic E-state index is 4.47. The van der Waals surface area contributed by atoms with Crippen LogP contribution in [0.15, 0.2) is 18.2 Å². The molecule has 0 unspecified atom stereocenters. The molecule has 0 atom stereocenters. The van der Waals surface area contributed by atoms with Crippen LogP contribution in [0.5, 0.6) is 0 Å². The van der Waals surface area contributed by atoms with Crippen LogP contribution in [-0.2, 0) is 0 Å². The van der Waals surface area contributed by atoms with E-state index < -0.39 is 0 Å². The Morgan fingerprint density at radius 1 is 1.18 bits per heavy atom. The van der Waals surface area contributed by atoms with Crippen LogP contribution in [0.25, 0.3) is 5.65 Å². The molecule has 0 radical (unpaired) electrons. The number of nitrogens with zero attached hydrogens (tertiary/aromatic N) is 4. The number of pyridine rings is 1. The van der Waals surface area contributed by atoms with Crippen LogP contribution in [0.3, 0.4) is 0 Å². The largest absolute Gasteiger partial charge is 0.286 e. The first-order valence-corrected chi connectivity index (χ1v) is 6.17. The smallest absolute Gasteiger partial charge is 0.257 e. The third kappa shape index (κ3) is 2.10. The van der Waals surface area contributed by atoms with E-state index in [-0.39, 0.29) is 0 Å². The maximum Gasteiger partial charge on any atom is 0.257 e. The van der Waals surface area contributed by atoms with Crippen LogP contribution in [0.4, 0.5) is 5.95 Å². The minimum atomic E-state index is 0.696. The molecule has 5 heteroatoms. The van der Waals surface area contributed by atoms with Gasteiger partial charge in [0.1, 0.15) is 0 Å². The average Bonchev–Trinajstić information content (AvgIpc) is 2.74. The first-order valence-electron chi connectivity index (χ1n) is 6.17. The Labute approximate surface area is 100 Å². The lowest BCUT2D eigenvalue weighted by Gasteiger charge is -2.25. The number of piperidine rings is 1. The summed E-state index contributed by atoms with van der Waals surface area (Å²) in [6.07, 6.45) is 3.83. The second-order valence-corrected chi connectivity index (χ2v) is 4.53. The first kappa shape index (κ1) is 10.5. The Balaban J connectivity index is 1.83. The monoisotopic (exact) mass is 231 g/mol. The van der Waals surface area contributed by atoms with Gasteiger partial charge in [-0.3, -0.25) is 5.43 Å². The van der Waals surface area contributed by atoms with E-state index in [1.54, 1.807) is 0 Å². The van der Waals surface area contributed by atoms with Gasteiger partial charge in [-0.15, -0.1) is 5.10 Å². The summed E-state index contributed by atoms with van der Waals surface area (Å²) < 4.78 is 1.87. The van der Waals surface area contributed by atoms with Crippen LogP contribution >= 0.6 is 0 Å². The highest BCUT2D eigenvalue weighted by Crippen LogP contribution is 2.12. The van der Waals surface area contributed by atoms with Crippen LogP contribution in [0, 0.1) is 6.92 Å². The predicted octanol–water partition coefficient (Wildman–Crippen LogP) is 1.85. The molecule has 0 bridgehead atoms. The van der Waals surface area contributed by atoms with Gasteiger partial charge in [0.2, 0.25) is 0 Å². The van der Waals surface area contributed by atoms with Crippen molar-refractivity contribution in [2.24, 2.45) is 0 Å². The number of nitrogens with one attached hydrogen (secondary N) is 1. The van der Waals surface area contributed by atoms with E-state index in [2.05, 4.69) is 20.5 Å². The molecule has 5 nitrogen and oxygen atoms in total. The topological polar surface area (TPSA) is 45.5 Å². The molecule has 17 heavy (non-hydrogen) atoms. The van der Waals surface area contributed by atoms with E-state index in [1.807, 2.05) is 29.6 Å². The van der Waals surface area contributed by atoms with Crippen LogP contribution in [-0.4, -0.2) is 32.7 Å². The van der Waals surface area contributed by atoms with Crippen molar-refractivity contribution in [1.29, 1.82) is 0 Å². The Kier molecular flexibility index (Phi) is 2.68. The number of rotatable bonds is 2. The lowest BCUT2D eigenvalue weighted by Crippen LogP contribution is -2.35. The van der Waals surface area contributed by atoms with Crippen molar-refractivity contribution in [3.63, 3.8) is 0 Å². The average molecular weight is 231 g/mol. The molecule has 3 heterocycles. The van der Waals surface area contributed by atoms with Crippen molar-refractivity contribution in [3.05, 3.63) is 23.9 Å². The number of hydrogen-bond donors (Lipinski definition) is 1. The third-order valence-corrected chi connectivity index (χ3v) is 3.16. The summed E-state index contributed by atoms with van der Waals surface area (Å²) in [7, 11) is 0. The number of hydrogen-bond acceptors (Lipinski definition) is 4. The molecule has 1 aliphatic heterocycles. The number of fused-ring (bicyclic) bond motifs is 1. The van der Waals surface area contributed by atoms with Crippen molar-refractivity contribution in [3.8, 4) is 0 Å². The number of aryl methyl sites for hydroxylation is 1. The normalized spacial score (nSPS) is 17.5. The summed E-state index contributed by atoms with van der Waals surface area (Å²) in [4.78, 5) is 4.47. The Bertz CT molecular complexity index is 513. The van der Waals surface area contributed by atoms with Crippen LogP contribution in [0.1, 0.15) is 25.0 Å². The molecule has 0 spiro atoms. The summed E-state index contributed by atoms with van der Waals surface area (Å²) in [5, 5.41) is 6.66. The molecule has 1 N–H and O–H groups in total. The standard InChI is InChI=1S/C12H17N5/c1-10-6-5-7-11-13-12(15-17(10)11)14-16-8-3-2-4-9-16/h5-7H,2-4,8-9H2,1H3,(H,14,15). The highest BCUT2D eigenvalue weighted by molar-refractivity contribution is 5.44. The Hall–Kier alpha value is -1.62. The van der Waals surface area contributed by atoms with E-state index in [0.717, 1.165) is 24.4 Å². The summed E-state index contributed by atoms with van der Waals surface area (Å²) in [6.45, 7) is 4.19. The molecular formula is C12H17N5. The zero-order chi connectivity index (χ0) is 11.7. The number of hydrazine groups is 1. The molecule has 0 amide bonds. The third-order valence-electron chi connectivity index (χ3n) is 3.16. The van der Waals surface area contributed by atoms with Gasteiger partial charge < -0.3 is 0 Å². The Morgan fingerprint density at radius 3 is 2.76 bits per heavy atom. The molecule has 90 valence electrons. The van der Waals surface area contributed by atoms with E-state index >= 15 is 0 Å². The summed E-state index contributed by atoms with van der Waals surface area (Å²) in [6, 6.07) is 6.01. The Morgan fingerprint density at radius 2 is 2.00 bits per heavy atom. The summed E-state index contributed by atoms with van der Waals surface area (Å²) >= 11 is 0. The molecular weight excluding hydrogens is 214 g/mol. The van der Waals surface area contributed by atoms with E-state index in [9.17, 15) is 0 Å². The highest BCUT2D eigenvalue weighted by atomic mass is 15.6. The van der Waals surface area contributed by atoms with Crippen molar-refractivity contribution in [2.75, 3.05) is 18.5 Å². The van der Waals surface area contributed by atoms with Crippen LogP contribution < -0.4 is 5.43 Å². The van der Waals surface area contributed by atoms with Gasteiger partial charge in [0, 0.05) is 18.8 Å². The minimum absolute atomic E-state index is 0.696. The lowest BCUT2D eigenvalue weighted by atomic mass is 10.2. The van der Waals surface area contributed by atoms with Gasteiger partial charge in [0.25, 0.3) is 5.95 Å². The van der Waals surface area contributed by atoms with Gasteiger partial charge >= 0.3 is 0 Å². The predicted molar refractivity (Wildman–Crippen MR) is 66.8 cm³/mol.